The monoisotopic (exact) mass is 368 g/mol. The van der Waals surface area contributed by atoms with Crippen LogP contribution in [0.2, 0.25) is 5.02 Å². The van der Waals surface area contributed by atoms with E-state index in [1.165, 1.54) is 31.2 Å². The molecule has 0 spiro atoms. The normalized spacial score (nSPS) is 16.6. The molecule has 1 aliphatic carbocycles. The number of carbonyl (C=O) groups is 1. The summed E-state index contributed by atoms with van der Waals surface area (Å²) in [5.41, 5.74) is 3.87. The predicted octanol–water partition coefficient (Wildman–Crippen LogP) is 5.55. The van der Waals surface area contributed by atoms with Gasteiger partial charge in [0.1, 0.15) is 31.0 Å². The topological polar surface area (TPSA) is 35.5 Å². The van der Waals surface area contributed by atoms with Gasteiger partial charge in [-0.2, -0.15) is 0 Å². The van der Waals surface area contributed by atoms with Gasteiger partial charge in [0.05, 0.1) is 0 Å². The Hall–Kier alpha value is -2.26. The van der Waals surface area contributed by atoms with Crippen molar-refractivity contribution in [3.63, 3.8) is 0 Å². The minimum Gasteiger partial charge on any atom is -0.489 e. The van der Waals surface area contributed by atoms with Gasteiger partial charge in [-0.1, -0.05) is 36.6 Å². The largest absolute Gasteiger partial charge is 0.489 e. The van der Waals surface area contributed by atoms with Crippen molar-refractivity contribution in [3.8, 4) is 11.5 Å². The molecular weight excluding hydrogens is 348 g/mol. The lowest BCUT2D eigenvalue weighted by Gasteiger charge is -2.17. The molecule has 0 radical (unpaired) electrons. The Kier molecular flexibility index (Phi) is 4.98. The molecule has 1 heterocycles. The van der Waals surface area contributed by atoms with E-state index in [0.717, 1.165) is 33.9 Å². The summed E-state index contributed by atoms with van der Waals surface area (Å²) in [6.45, 7) is 0.761. The van der Waals surface area contributed by atoms with Gasteiger partial charge in [0.25, 0.3) is 0 Å². The molecule has 1 fully saturated rings. The number of ether oxygens (including phenoxy) is 2. The average Bonchev–Trinajstić information content (AvgIpc) is 3.20. The summed E-state index contributed by atoms with van der Waals surface area (Å²) in [6, 6.07) is 11.9. The third-order valence-electron chi connectivity index (χ3n) is 5.14. The molecule has 4 heteroatoms. The van der Waals surface area contributed by atoms with Crippen molar-refractivity contribution < 1.29 is 14.3 Å². The molecule has 0 amide bonds. The fourth-order valence-electron chi connectivity index (χ4n) is 3.71. The quantitative estimate of drug-likeness (QED) is 0.649. The molecule has 0 saturated heterocycles. The summed E-state index contributed by atoms with van der Waals surface area (Å²) in [6.07, 6.45) is 7.75. The van der Waals surface area contributed by atoms with Crippen LogP contribution in [0, 0.1) is 0 Å². The third-order valence-corrected chi connectivity index (χ3v) is 5.46. The van der Waals surface area contributed by atoms with Crippen LogP contribution in [-0.4, -0.2) is 12.9 Å². The first-order valence-corrected chi connectivity index (χ1v) is 9.44. The van der Waals surface area contributed by atoms with E-state index in [0.29, 0.717) is 24.7 Å². The lowest BCUT2D eigenvalue weighted by atomic mass is 9.96. The van der Waals surface area contributed by atoms with Crippen LogP contribution in [0.5, 0.6) is 11.5 Å². The van der Waals surface area contributed by atoms with Gasteiger partial charge < -0.3 is 9.47 Å². The summed E-state index contributed by atoms with van der Waals surface area (Å²) in [5.74, 6) is 2.09. The molecule has 0 N–H and O–H groups in total. The number of carbonyl (C=O) groups excluding carboxylic acids is 1. The number of fused-ring (bicyclic) bond motifs is 1. The van der Waals surface area contributed by atoms with Gasteiger partial charge in [0.15, 0.2) is 0 Å². The predicted molar refractivity (Wildman–Crippen MR) is 103 cm³/mol. The highest BCUT2D eigenvalue weighted by atomic mass is 35.5. The number of hydrogen-bond acceptors (Lipinski definition) is 3. The molecule has 0 aromatic heterocycles. The summed E-state index contributed by atoms with van der Waals surface area (Å²) in [4.78, 5) is 10.8. The fraction of sp³-hybridized carbons (Fsp3) is 0.318. The van der Waals surface area contributed by atoms with Gasteiger partial charge in [-0.25, -0.2) is 0 Å². The molecule has 1 aliphatic heterocycles. The molecule has 0 atom stereocenters. The average molecular weight is 369 g/mol. The van der Waals surface area contributed by atoms with Gasteiger partial charge in [0, 0.05) is 22.2 Å². The van der Waals surface area contributed by atoms with Crippen molar-refractivity contribution >= 4 is 24.0 Å². The van der Waals surface area contributed by atoms with Crippen molar-refractivity contribution in [2.24, 2.45) is 0 Å². The van der Waals surface area contributed by atoms with E-state index < -0.39 is 0 Å². The molecule has 2 aromatic rings. The zero-order chi connectivity index (χ0) is 17.9. The van der Waals surface area contributed by atoms with Crippen molar-refractivity contribution in [2.75, 3.05) is 6.61 Å². The molecule has 3 nitrogen and oxygen atoms in total. The molecule has 26 heavy (non-hydrogen) atoms. The number of aldehydes is 1. The van der Waals surface area contributed by atoms with E-state index >= 15 is 0 Å². The van der Waals surface area contributed by atoms with Crippen LogP contribution >= 0.6 is 11.6 Å². The fourth-order valence-corrected chi connectivity index (χ4v) is 4.07. The first kappa shape index (κ1) is 17.2. The molecular formula is C22H21ClO3. The van der Waals surface area contributed by atoms with Crippen LogP contribution in [-0.2, 0) is 11.4 Å². The SMILES string of the molecule is O=CC1=Cc2ccc(OCc3ccc(C4CCCC4)c(Cl)c3)cc2OC1. The molecule has 4 rings (SSSR count). The van der Waals surface area contributed by atoms with E-state index in [1.807, 2.05) is 30.3 Å². The van der Waals surface area contributed by atoms with Gasteiger partial charge in [0.2, 0.25) is 0 Å². The minimum atomic E-state index is 0.304. The highest BCUT2D eigenvalue weighted by Crippen LogP contribution is 2.38. The molecule has 134 valence electrons. The Balaban J connectivity index is 1.44. The third kappa shape index (κ3) is 3.63. The van der Waals surface area contributed by atoms with E-state index in [9.17, 15) is 4.79 Å². The highest BCUT2D eigenvalue weighted by Gasteiger charge is 2.19. The maximum absolute atomic E-state index is 10.8. The Morgan fingerprint density at radius 1 is 1.15 bits per heavy atom. The first-order valence-electron chi connectivity index (χ1n) is 9.06. The van der Waals surface area contributed by atoms with Gasteiger partial charge in [-0.05, 0) is 54.2 Å². The van der Waals surface area contributed by atoms with Gasteiger partial charge in [-0.3, -0.25) is 4.79 Å². The van der Waals surface area contributed by atoms with E-state index in [1.54, 1.807) is 0 Å². The molecule has 0 bridgehead atoms. The Morgan fingerprint density at radius 3 is 2.77 bits per heavy atom. The maximum Gasteiger partial charge on any atom is 0.149 e. The highest BCUT2D eigenvalue weighted by molar-refractivity contribution is 6.31. The summed E-state index contributed by atoms with van der Waals surface area (Å²) in [7, 11) is 0. The van der Waals surface area contributed by atoms with Crippen molar-refractivity contribution in [3.05, 3.63) is 63.7 Å². The zero-order valence-corrected chi connectivity index (χ0v) is 15.3. The smallest absolute Gasteiger partial charge is 0.149 e. The Labute approximate surface area is 158 Å². The van der Waals surface area contributed by atoms with Crippen LogP contribution in [0.4, 0.5) is 0 Å². The second-order valence-corrected chi connectivity index (χ2v) is 7.36. The lowest BCUT2D eigenvalue weighted by Crippen LogP contribution is -2.08. The number of hydrogen-bond donors (Lipinski definition) is 0. The Bertz CT molecular complexity index is 850. The number of benzene rings is 2. The van der Waals surface area contributed by atoms with Crippen LogP contribution < -0.4 is 9.47 Å². The van der Waals surface area contributed by atoms with Crippen LogP contribution in [0.25, 0.3) is 6.08 Å². The van der Waals surface area contributed by atoms with E-state index in [-0.39, 0.29) is 0 Å². The summed E-state index contributed by atoms with van der Waals surface area (Å²) in [5, 5.41) is 0.846. The minimum absolute atomic E-state index is 0.304. The van der Waals surface area contributed by atoms with Crippen molar-refractivity contribution in [2.45, 2.75) is 38.2 Å². The molecule has 0 unspecified atom stereocenters. The van der Waals surface area contributed by atoms with Crippen molar-refractivity contribution in [1.82, 2.24) is 0 Å². The molecule has 2 aliphatic rings. The van der Waals surface area contributed by atoms with Crippen LogP contribution in [0.15, 0.2) is 42.0 Å². The number of halogens is 1. The van der Waals surface area contributed by atoms with Crippen LogP contribution in [0.3, 0.4) is 0 Å². The Morgan fingerprint density at radius 2 is 2.00 bits per heavy atom. The summed E-state index contributed by atoms with van der Waals surface area (Å²) < 4.78 is 11.5. The van der Waals surface area contributed by atoms with E-state index in [2.05, 4.69) is 12.1 Å². The van der Waals surface area contributed by atoms with E-state index in [4.69, 9.17) is 21.1 Å². The standard InChI is InChI=1S/C22H21ClO3/c23-21-10-15(5-8-20(21)17-3-1-2-4-17)13-25-19-7-6-18-9-16(12-24)14-26-22(18)11-19/h5-12,17H,1-4,13-14H2. The number of rotatable bonds is 5. The lowest BCUT2D eigenvalue weighted by molar-refractivity contribution is -0.105. The molecule has 1 saturated carbocycles. The summed E-state index contributed by atoms with van der Waals surface area (Å²) >= 11 is 6.50. The first-order chi connectivity index (χ1) is 12.7. The van der Waals surface area contributed by atoms with Gasteiger partial charge >= 0.3 is 0 Å². The van der Waals surface area contributed by atoms with Gasteiger partial charge in [-0.15, -0.1) is 0 Å². The second-order valence-electron chi connectivity index (χ2n) is 6.95. The molecule has 2 aromatic carbocycles. The second kappa shape index (κ2) is 7.55. The maximum atomic E-state index is 10.8. The van der Waals surface area contributed by atoms with Crippen molar-refractivity contribution in [1.29, 1.82) is 0 Å². The zero-order valence-electron chi connectivity index (χ0n) is 14.5. The van der Waals surface area contributed by atoms with Crippen LogP contribution in [0.1, 0.15) is 48.3 Å².